The van der Waals surface area contributed by atoms with Crippen molar-refractivity contribution >= 4 is 40.8 Å². The Hall–Kier alpha value is -2.52. The predicted molar refractivity (Wildman–Crippen MR) is 107 cm³/mol. The molecule has 29 heavy (non-hydrogen) atoms. The smallest absolute Gasteiger partial charge is 0.394 e. The molecule has 1 saturated heterocycles. The topological polar surface area (TPSA) is 108 Å². The van der Waals surface area contributed by atoms with E-state index in [0.717, 1.165) is 13.1 Å². The fourth-order valence-corrected chi connectivity index (χ4v) is 3.35. The Morgan fingerprint density at radius 2 is 1.79 bits per heavy atom. The minimum absolute atomic E-state index is 0.0843. The molecule has 1 amide bonds. The van der Waals surface area contributed by atoms with Crippen molar-refractivity contribution < 1.29 is 29.3 Å². The largest absolute Gasteiger partial charge is 0.508 e. The number of anilines is 1. The number of aliphatic carboxylic acids is 1. The van der Waals surface area contributed by atoms with E-state index in [0.29, 0.717) is 31.1 Å². The maximum atomic E-state index is 11.3. The molecule has 0 aromatic heterocycles. The number of carbonyl (C=O) groups excluding carboxylic acids is 1. The van der Waals surface area contributed by atoms with Gasteiger partial charge in [0, 0.05) is 30.9 Å². The zero-order valence-corrected chi connectivity index (χ0v) is 16.7. The molecule has 0 aliphatic carbocycles. The van der Waals surface area contributed by atoms with Crippen molar-refractivity contribution in [2.75, 3.05) is 31.6 Å². The number of nitrogens with zero attached hydrogens (tertiary/aromatic N) is 1. The van der Waals surface area contributed by atoms with E-state index in [2.05, 4.69) is 10.2 Å². The quantitative estimate of drug-likeness (QED) is 0.611. The van der Waals surface area contributed by atoms with Crippen LogP contribution in [0.2, 0.25) is 10.0 Å². The number of ether oxygens (including phenoxy) is 2. The molecule has 0 atom stereocenters. The lowest BCUT2D eigenvalue weighted by molar-refractivity contribution is -0.147. The summed E-state index contributed by atoms with van der Waals surface area (Å²) in [6, 6.07) is 7.45. The van der Waals surface area contributed by atoms with Gasteiger partial charge in [0.05, 0.1) is 23.3 Å². The number of carboxylic acids is 1. The molecule has 1 fully saturated rings. The van der Waals surface area contributed by atoms with Gasteiger partial charge in [0.2, 0.25) is 0 Å². The van der Waals surface area contributed by atoms with Gasteiger partial charge in [-0.05, 0) is 30.3 Å². The monoisotopic (exact) mass is 440 g/mol. The summed E-state index contributed by atoms with van der Waals surface area (Å²) in [7, 11) is 0. The lowest BCUT2D eigenvalue weighted by atomic mass is 10.1. The van der Waals surface area contributed by atoms with Crippen molar-refractivity contribution in [3.05, 3.63) is 45.9 Å². The molecule has 3 N–H and O–H groups in total. The van der Waals surface area contributed by atoms with E-state index in [9.17, 15) is 14.7 Å². The zero-order chi connectivity index (χ0) is 21.0. The molecule has 8 nitrogen and oxygen atoms in total. The molecule has 0 radical (unpaired) electrons. The van der Waals surface area contributed by atoms with Crippen LogP contribution in [0.3, 0.4) is 0 Å². The number of phenols is 1. The predicted octanol–water partition coefficient (Wildman–Crippen LogP) is 3.35. The molecule has 0 bridgehead atoms. The summed E-state index contributed by atoms with van der Waals surface area (Å²) in [4.78, 5) is 24.1. The van der Waals surface area contributed by atoms with Crippen molar-refractivity contribution in [1.82, 2.24) is 4.90 Å². The number of benzene rings is 2. The number of phenolic OH excluding ortho intramolecular Hbond substituents is 1. The molecular weight excluding hydrogens is 423 g/mol. The summed E-state index contributed by atoms with van der Waals surface area (Å²) in [5.41, 5.74) is 0.806. The fraction of sp³-hybridized carbons (Fsp3) is 0.263. The molecule has 0 spiro atoms. The summed E-state index contributed by atoms with van der Waals surface area (Å²) in [5.74, 6) is -2.14. The summed E-state index contributed by atoms with van der Waals surface area (Å²) in [5, 5.41) is 21.1. The van der Waals surface area contributed by atoms with Crippen LogP contribution >= 0.6 is 23.2 Å². The number of nitrogens with one attached hydrogen (secondary N) is 1. The summed E-state index contributed by atoms with van der Waals surface area (Å²) in [6.45, 7) is 3.37. The Balaban J connectivity index is 1.77. The normalized spacial score (nSPS) is 14.4. The van der Waals surface area contributed by atoms with E-state index in [1.165, 1.54) is 18.2 Å². The van der Waals surface area contributed by atoms with Gasteiger partial charge in [-0.3, -0.25) is 9.69 Å². The number of aromatic hydroxyl groups is 1. The Labute approximate surface area is 176 Å². The van der Waals surface area contributed by atoms with Gasteiger partial charge in [-0.2, -0.15) is 0 Å². The fourth-order valence-electron chi connectivity index (χ4n) is 2.78. The second-order valence-electron chi connectivity index (χ2n) is 6.31. The van der Waals surface area contributed by atoms with Gasteiger partial charge in [0.1, 0.15) is 11.5 Å². The Morgan fingerprint density at radius 3 is 2.41 bits per heavy atom. The molecule has 10 heteroatoms. The molecular formula is C19H18Cl2N2O6. The van der Waals surface area contributed by atoms with Crippen LogP contribution in [-0.4, -0.2) is 53.3 Å². The van der Waals surface area contributed by atoms with Gasteiger partial charge >= 0.3 is 11.9 Å². The number of hydrogen-bond acceptors (Lipinski definition) is 6. The van der Waals surface area contributed by atoms with Gasteiger partial charge < -0.3 is 25.0 Å². The van der Waals surface area contributed by atoms with Gasteiger partial charge in [-0.25, -0.2) is 4.79 Å². The van der Waals surface area contributed by atoms with Crippen LogP contribution in [0, 0.1) is 0 Å². The van der Waals surface area contributed by atoms with E-state index in [4.69, 9.17) is 37.8 Å². The van der Waals surface area contributed by atoms with Crippen LogP contribution in [0.5, 0.6) is 17.2 Å². The molecule has 1 heterocycles. The van der Waals surface area contributed by atoms with Crippen molar-refractivity contribution in [1.29, 1.82) is 0 Å². The van der Waals surface area contributed by atoms with E-state index in [1.54, 1.807) is 12.1 Å². The van der Waals surface area contributed by atoms with E-state index >= 15 is 0 Å². The number of carboxylic acid groups (broad SMARTS) is 1. The number of hydrogen-bond donors (Lipinski definition) is 3. The standard InChI is InChI=1S/C19H18Cl2N2O6/c20-14-8-12(22-18(25)19(26)27)9-15(21)17(14)29-13-1-2-16(24)11(7-13)10-23-3-5-28-6-4-23/h1-2,7-9,24H,3-6,10H2,(H,22,25)(H,26,27). The first-order valence-electron chi connectivity index (χ1n) is 8.66. The third-order valence-corrected chi connectivity index (χ3v) is 4.78. The summed E-state index contributed by atoms with van der Waals surface area (Å²) < 4.78 is 11.1. The molecule has 154 valence electrons. The van der Waals surface area contributed by atoms with Crippen molar-refractivity contribution in [3.8, 4) is 17.2 Å². The van der Waals surface area contributed by atoms with Crippen LogP contribution < -0.4 is 10.1 Å². The highest BCUT2D eigenvalue weighted by molar-refractivity contribution is 6.39. The molecule has 0 unspecified atom stereocenters. The van der Waals surface area contributed by atoms with Gasteiger partial charge in [0.25, 0.3) is 0 Å². The van der Waals surface area contributed by atoms with Crippen LogP contribution in [0.4, 0.5) is 5.69 Å². The van der Waals surface area contributed by atoms with Crippen molar-refractivity contribution in [3.63, 3.8) is 0 Å². The molecule has 1 aliphatic rings. The summed E-state index contributed by atoms with van der Waals surface area (Å²) >= 11 is 12.4. The highest BCUT2D eigenvalue weighted by Crippen LogP contribution is 2.39. The summed E-state index contributed by atoms with van der Waals surface area (Å²) in [6.07, 6.45) is 0. The van der Waals surface area contributed by atoms with Crippen molar-refractivity contribution in [2.45, 2.75) is 6.54 Å². The van der Waals surface area contributed by atoms with Crippen molar-refractivity contribution in [2.24, 2.45) is 0 Å². The first kappa shape index (κ1) is 21.2. The minimum atomic E-state index is -1.63. The average molecular weight is 441 g/mol. The van der Waals surface area contributed by atoms with Gasteiger partial charge in [-0.1, -0.05) is 23.2 Å². The first-order valence-corrected chi connectivity index (χ1v) is 9.42. The number of carbonyl (C=O) groups is 2. The highest BCUT2D eigenvalue weighted by atomic mass is 35.5. The molecule has 1 aliphatic heterocycles. The number of halogens is 2. The van der Waals surface area contributed by atoms with Gasteiger partial charge in [0.15, 0.2) is 5.75 Å². The van der Waals surface area contributed by atoms with Gasteiger partial charge in [-0.15, -0.1) is 0 Å². The maximum Gasteiger partial charge on any atom is 0.394 e. The lowest BCUT2D eigenvalue weighted by Gasteiger charge is -2.27. The zero-order valence-electron chi connectivity index (χ0n) is 15.2. The number of morpholine rings is 1. The minimum Gasteiger partial charge on any atom is -0.508 e. The lowest BCUT2D eigenvalue weighted by Crippen LogP contribution is -2.35. The molecule has 0 saturated carbocycles. The third-order valence-electron chi connectivity index (χ3n) is 4.22. The van der Waals surface area contributed by atoms with Crippen LogP contribution in [0.1, 0.15) is 5.56 Å². The van der Waals surface area contributed by atoms with E-state index in [1.807, 2.05) is 0 Å². The Kier molecular flexibility index (Phi) is 6.81. The van der Waals surface area contributed by atoms with Crippen LogP contribution in [-0.2, 0) is 20.9 Å². The second kappa shape index (κ2) is 9.32. The third kappa shape index (κ3) is 5.51. The molecule has 2 aromatic carbocycles. The number of rotatable bonds is 5. The maximum absolute atomic E-state index is 11.3. The van der Waals surface area contributed by atoms with Crippen LogP contribution in [0.25, 0.3) is 0 Å². The SMILES string of the molecule is O=C(O)C(=O)Nc1cc(Cl)c(Oc2ccc(O)c(CN3CCOCC3)c2)c(Cl)c1. The molecule has 3 rings (SSSR count). The average Bonchev–Trinajstić information content (AvgIpc) is 2.68. The highest BCUT2D eigenvalue weighted by Gasteiger charge is 2.17. The second-order valence-corrected chi connectivity index (χ2v) is 7.12. The van der Waals surface area contributed by atoms with E-state index < -0.39 is 11.9 Å². The first-order chi connectivity index (χ1) is 13.8. The number of amides is 1. The van der Waals surface area contributed by atoms with Crippen LogP contribution in [0.15, 0.2) is 30.3 Å². The Morgan fingerprint density at radius 1 is 1.14 bits per heavy atom. The van der Waals surface area contributed by atoms with E-state index in [-0.39, 0.29) is 27.2 Å². The molecule has 2 aromatic rings. The Bertz CT molecular complexity index is 908.